The topological polar surface area (TPSA) is 24.5 Å². The molecule has 3 nitrogen and oxygen atoms in total. The summed E-state index contributed by atoms with van der Waals surface area (Å²) >= 11 is 5.84. The van der Waals surface area contributed by atoms with Gasteiger partial charge in [0, 0.05) is 31.8 Å². The molecule has 1 saturated heterocycles. The summed E-state index contributed by atoms with van der Waals surface area (Å²) < 4.78 is 5.00. The van der Waals surface area contributed by atoms with E-state index in [1.807, 2.05) is 0 Å². The van der Waals surface area contributed by atoms with Crippen molar-refractivity contribution in [3.8, 4) is 0 Å². The summed E-state index contributed by atoms with van der Waals surface area (Å²) in [6, 6.07) is 0. The average Bonchev–Trinajstić information content (AvgIpc) is 2.24. The van der Waals surface area contributed by atoms with Crippen molar-refractivity contribution in [3.05, 3.63) is 11.6 Å². The van der Waals surface area contributed by atoms with Gasteiger partial charge in [0.25, 0.3) is 0 Å². The standard InChI is InChI=1S/C12H23ClN2O/c1-11(13)9-15-6-3-4-12(10-15)8-14-5-7-16-2/h12,14H,1,3-10H2,2H3. The molecule has 0 radical (unpaired) electrons. The third kappa shape index (κ3) is 5.85. The first kappa shape index (κ1) is 14.0. The van der Waals surface area contributed by atoms with Gasteiger partial charge in [0.2, 0.25) is 0 Å². The summed E-state index contributed by atoms with van der Waals surface area (Å²) in [7, 11) is 1.73. The van der Waals surface area contributed by atoms with Crippen molar-refractivity contribution in [1.29, 1.82) is 0 Å². The quantitative estimate of drug-likeness (QED) is 0.692. The van der Waals surface area contributed by atoms with Gasteiger partial charge in [0.1, 0.15) is 0 Å². The summed E-state index contributed by atoms with van der Waals surface area (Å²) in [5.74, 6) is 0.738. The maximum absolute atomic E-state index is 5.84. The number of hydrogen-bond donors (Lipinski definition) is 1. The highest BCUT2D eigenvalue weighted by Gasteiger charge is 2.19. The highest BCUT2D eigenvalue weighted by Crippen LogP contribution is 2.17. The number of nitrogens with zero attached hydrogens (tertiary/aromatic N) is 1. The van der Waals surface area contributed by atoms with Crippen LogP contribution in [0.4, 0.5) is 0 Å². The minimum absolute atomic E-state index is 0.738. The average molecular weight is 247 g/mol. The molecule has 1 aliphatic rings. The molecular weight excluding hydrogens is 224 g/mol. The Kier molecular flexibility index (Phi) is 7.05. The van der Waals surface area contributed by atoms with Gasteiger partial charge >= 0.3 is 0 Å². The highest BCUT2D eigenvalue weighted by molar-refractivity contribution is 6.29. The maximum atomic E-state index is 5.84. The second-order valence-electron chi connectivity index (χ2n) is 4.46. The van der Waals surface area contributed by atoms with Gasteiger partial charge in [-0.05, 0) is 31.8 Å². The molecule has 1 heterocycles. The number of rotatable bonds is 7. The van der Waals surface area contributed by atoms with Crippen molar-refractivity contribution >= 4 is 11.6 Å². The number of methoxy groups -OCH3 is 1. The van der Waals surface area contributed by atoms with E-state index in [1.165, 1.54) is 12.8 Å². The Morgan fingerprint density at radius 2 is 2.44 bits per heavy atom. The van der Waals surface area contributed by atoms with E-state index < -0.39 is 0 Å². The van der Waals surface area contributed by atoms with Gasteiger partial charge in [-0.1, -0.05) is 18.2 Å². The summed E-state index contributed by atoms with van der Waals surface area (Å²) in [4.78, 5) is 2.39. The van der Waals surface area contributed by atoms with Crippen LogP contribution in [0.1, 0.15) is 12.8 Å². The molecule has 0 saturated carbocycles. The normalized spacial score (nSPS) is 22.2. The van der Waals surface area contributed by atoms with Crippen LogP contribution in [0.3, 0.4) is 0 Å². The van der Waals surface area contributed by atoms with Crippen LogP contribution < -0.4 is 5.32 Å². The fraction of sp³-hybridized carbons (Fsp3) is 0.833. The first-order chi connectivity index (χ1) is 7.72. The van der Waals surface area contributed by atoms with Crippen LogP contribution >= 0.6 is 11.6 Å². The van der Waals surface area contributed by atoms with Gasteiger partial charge in [-0.15, -0.1) is 0 Å². The first-order valence-corrected chi connectivity index (χ1v) is 6.35. The smallest absolute Gasteiger partial charge is 0.0587 e. The van der Waals surface area contributed by atoms with E-state index in [-0.39, 0.29) is 0 Å². The molecule has 1 aliphatic heterocycles. The van der Waals surface area contributed by atoms with E-state index in [2.05, 4.69) is 16.8 Å². The van der Waals surface area contributed by atoms with E-state index in [0.29, 0.717) is 0 Å². The number of halogens is 1. The Morgan fingerprint density at radius 3 is 3.12 bits per heavy atom. The molecule has 1 atom stereocenters. The molecule has 0 aromatic heterocycles. The molecule has 0 spiro atoms. The SMILES string of the molecule is C=C(Cl)CN1CCCC(CNCCOC)C1. The molecule has 4 heteroatoms. The lowest BCUT2D eigenvalue weighted by molar-refractivity contribution is 0.174. The fourth-order valence-electron chi connectivity index (χ4n) is 2.18. The van der Waals surface area contributed by atoms with E-state index >= 15 is 0 Å². The Hall–Kier alpha value is -0.0900. The van der Waals surface area contributed by atoms with E-state index in [1.54, 1.807) is 7.11 Å². The fourth-order valence-corrected chi connectivity index (χ4v) is 2.35. The minimum Gasteiger partial charge on any atom is -0.383 e. The Labute approximate surface area is 104 Å². The third-order valence-corrected chi connectivity index (χ3v) is 3.03. The number of nitrogens with one attached hydrogen (secondary N) is 1. The Morgan fingerprint density at radius 1 is 1.62 bits per heavy atom. The number of hydrogen-bond acceptors (Lipinski definition) is 3. The van der Waals surface area contributed by atoms with Crippen LogP contribution in [0.2, 0.25) is 0 Å². The molecule has 1 rings (SSSR count). The molecule has 0 amide bonds. The first-order valence-electron chi connectivity index (χ1n) is 5.97. The second kappa shape index (κ2) is 8.07. The Balaban J connectivity index is 2.14. The molecule has 1 unspecified atom stereocenters. The van der Waals surface area contributed by atoms with E-state index in [4.69, 9.17) is 16.3 Å². The number of piperidine rings is 1. The zero-order valence-corrected chi connectivity index (χ0v) is 10.9. The summed E-state index contributed by atoms with van der Waals surface area (Å²) in [5.41, 5.74) is 0. The van der Waals surface area contributed by atoms with Gasteiger partial charge in [-0.3, -0.25) is 4.90 Å². The molecule has 0 aromatic rings. The molecule has 0 aliphatic carbocycles. The minimum atomic E-state index is 0.738. The predicted octanol–water partition coefficient (Wildman–Crippen LogP) is 1.69. The van der Waals surface area contributed by atoms with Crippen molar-refractivity contribution in [1.82, 2.24) is 10.2 Å². The summed E-state index contributed by atoms with van der Waals surface area (Å²) in [6.45, 7) is 9.67. The highest BCUT2D eigenvalue weighted by atomic mass is 35.5. The molecule has 0 bridgehead atoms. The molecular formula is C12H23ClN2O. The van der Waals surface area contributed by atoms with Crippen molar-refractivity contribution in [3.63, 3.8) is 0 Å². The lowest BCUT2D eigenvalue weighted by Crippen LogP contribution is -2.40. The molecule has 1 N–H and O–H groups in total. The molecule has 16 heavy (non-hydrogen) atoms. The summed E-state index contributed by atoms with van der Waals surface area (Å²) in [6.07, 6.45) is 2.58. The van der Waals surface area contributed by atoms with Gasteiger partial charge in [-0.25, -0.2) is 0 Å². The van der Waals surface area contributed by atoms with Gasteiger partial charge < -0.3 is 10.1 Å². The maximum Gasteiger partial charge on any atom is 0.0587 e. The Bertz CT molecular complexity index is 211. The zero-order valence-electron chi connectivity index (χ0n) is 10.2. The number of ether oxygens (including phenoxy) is 1. The lowest BCUT2D eigenvalue weighted by Gasteiger charge is -2.32. The van der Waals surface area contributed by atoms with E-state index in [0.717, 1.165) is 50.3 Å². The van der Waals surface area contributed by atoms with Gasteiger partial charge in [0.05, 0.1) is 6.61 Å². The van der Waals surface area contributed by atoms with Crippen molar-refractivity contribution in [2.75, 3.05) is 46.4 Å². The second-order valence-corrected chi connectivity index (χ2v) is 4.99. The van der Waals surface area contributed by atoms with Gasteiger partial charge in [-0.2, -0.15) is 0 Å². The summed E-state index contributed by atoms with van der Waals surface area (Å²) in [5, 5.41) is 4.17. The van der Waals surface area contributed by atoms with Crippen molar-refractivity contribution in [2.24, 2.45) is 5.92 Å². The van der Waals surface area contributed by atoms with E-state index in [9.17, 15) is 0 Å². The third-order valence-electron chi connectivity index (χ3n) is 2.91. The lowest BCUT2D eigenvalue weighted by atomic mass is 9.98. The molecule has 94 valence electrons. The van der Waals surface area contributed by atoms with Crippen LogP contribution in [-0.4, -0.2) is 51.3 Å². The van der Waals surface area contributed by atoms with Crippen LogP contribution in [0.25, 0.3) is 0 Å². The van der Waals surface area contributed by atoms with Crippen LogP contribution in [0.5, 0.6) is 0 Å². The van der Waals surface area contributed by atoms with Gasteiger partial charge in [0.15, 0.2) is 0 Å². The monoisotopic (exact) mass is 246 g/mol. The zero-order chi connectivity index (χ0) is 11.8. The van der Waals surface area contributed by atoms with Crippen LogP contribution in [0.15, 0.2) is 11.6 Å². The largest absolute Gasteiger partial charge is 0.383 e. The van der Waals surface area contributed by atoms with Crippen molar-refractivity contribution < 1.29 is 4.74 Å². The number of likely N-dealkylation sites (tertiary alicyclic amines) is 1. The predicted molar refractivity (Wildman–Crippen MR) is 68.9 cm³/mol. The van der Waals surface area contributed by atoms with Crippen LogP contribution in [0, 0.1) is 5.92 Å². The molecule has 0 aromatic carbocycles. The van der Waals surface area contributed by atoms with Crippen LogP contribution in [-0.2, 0) is 4.74 Å². The van der Waals surface area contributed by atoms with Crippen molar-refractivity contribution in [2.45, 2.75) is 12.8 Å². The molecule has 1 fully saturated rings.